The van der Waals surface area contributed by atoms with Crippen molar-refractivity contribution in [2.24, 2.45) is 0 Å². The Hall–Kier alpha value is -1.92. The molecule has 1 saturated heterocycles. The second-order valence-electron chi connectivity index (χ2n) is 5.73. The number of nitrogens with zero attached hydrogens (tertiary/aromatic N) is 3. The van der Waals surface area contributed by atoms with Gasteiger partial charge < -0.3 is 9.88 Å². The number of hydrogen-bond donors (Lipinski definition) is 2. The quantitative estimate of drug-likeness (QED) is 0.901. The lowest BCUT2D eigenvalue weighted by molar-refractivity contribution is 0.0796. The largest absolute Gasteiger partial charge is 0.345 e. The summed E-state index contributed by atoms with van der Waals surface area (Å²) in [4.78, 5) is 22.3. The predicted molar refractivity (Wildman–Crippen MR) is 86.5 cm³/mol. The van der Waals surface area contributed by atoms with Gasteiger partial charge in [0, 0.05) is 19.6 Å². The van der Waals surface area contributed by atoms with E-state index in [0.717, 1.165) is 50.2 Å². The van der Waals surface area contributed by atoms with Crippen LogP contribution in [-0.2, 0) is 0 Å². The smallest absolute Gasteiger partial charge is 0.267 e. The maximum Gasteiger partial charge on any atom is 0.267 e. The van der Waals surface area contributed by atoms with Gasteiger partial charge in [-0.1, -0.05) is 13.0 Å². The Bertz CT molecular complexity index is 638. The summed E-state index contributed by atoms with van der Waals surface area (Å²) < 4.78 is 0. The van der Waals surface area contributed by atoms with E-state index >= 15 is 0 Å². The number of carbonyl (C=O) groups excluding carboxylic acids is 1. The minimum absolute atomic E-state index is 0.0818. The average Bonchev–Trinajstić information content (AvgIpc) is 2.90. The van der Waals surface area contributed by atoms with Gasteiger partial charge in [0.25, 0.3) is 5.91 Å². The number of rotatable bonds is 4. The van der Waals surface area contributed by atoms with Crippen molar-refractivity contribution in [3.05, 3.63) is 30.1 Å². The van der Waals surface area contributed by atoms with Gasteiger partial charge in [-0.3, -0.25) is 10.2 Å². The molecule has 0 unspecified atom stereocenters. The predicted octanol–water partition coefficient (Wildman–Crippen LogP) is 1.63. The SMILES string of the molecule is CCCN1CCCN(NC(=O)c2cccc3[nH]cnc23)CC1. The van der Waals surface area contributed by atoms with Crippen molar-refractivity contribution in [1.29, 1.82) is 0 Å². The number of nitrogens with one attached hydrogen (secondary N) is 2. The van der Waals surface area contributed by atoms with Gasteiger partial charge in [0.2, 0.25) is 0 Å². The lowest BCUT2D eigenvalue weighted by Crippen LogP contribution is -2.44. The van der Waals surface area contributed by atoms with Crippen LogP contribution in [0.2, 0.25) is 0 Å². The molecule has 1 aromatic heterocycles. The van der Waals surface area contributed by atoms with Crippen molar-refractivity contribution >= 4 is 16.9 Å². The van der Waals surface area contributed by atoms with Crippen LogP contribution < -0.4 is 5.43 Å². The zero-order chi connectivity index (χ0) is 15.4. The number of imidazole rings is 1. The number of hydrazine groups is 1. The summed E-state index contributed by atoms with van der Waals surface area (Å²) in [5.74, 6) is -0.0818. The molecule has 6 nitrogen and oxygen atoms in total. The molecular formula is C16H23N5O. The lowest BCUT2D eigenvalue weighted by atomic mass is 10.2. The van der Waals surface area contributed by atoms with Crippen LogP contribution >= 0.6 is 0 Å². The van der Waals surface area contributed by atoms with E-state index in [1.54, 1.807) is 6.33 Å². The summed E-state index contributed by atoms with van der Waals surface area (Å²) in [6, 6.07) is 5.62. The molecule has 3 rings (SSSR count). The van der Waals surface area contributed by atoms with E-state index in [9.17, 15) is 4.79 Å². The molecule has 0 bridgehead atoms. The zero-order valence-electron chi connectivity index (χ0n) is 13.0. The number of fused-ring (bicyclic) bond motifs is 1. The number of aromatic nitrogens is 2. The fourth-order valence-electron chi connectivity index (χ4n) is 2.98. The van der Waals surface area contributed by atoms with Crippen molar-refractivity contribution in [3.63, 3.8) is 0 Å². The third-order valence-electron chi connectivity index (χ3n) is 4.08. The van der Waals surface area contributed by atoms with Crippen LogP contribution in [0, 0.1) is 0 Å². The maximum atomic E-state index is 12.5. The van der Waals surface area contributed by atoms with Crippen molar-refractivity contribution in [2.75, 3.05) is 32.7 Å². The van der Waals surface area contributed by atoms with Crippen LogP contribution in [0.1, 0.15) is 30.1 Å². The topological polar surface area (TPSA) is 64.3 Å². The van der Waals surface area contributed by atoms with Gasteiger partial charge >= 0.3 is 0 Å². The standard InChI is InChI=1S/C16H23N5O/c1-2-7-20-8-4-9-21(11-10-20)19-16(22)13-5-3-6-14-15(13)18-12-17-14/h3,5-6,12H,2,4,7-11H2,1H3,(H,17,18)(H,19,22). The number of hydrogen-bond acceptors (Lipinski definition) is 4. The van der Waals surface area contributed by atoms with Gasteiger partial charge in [0.1, 0.15) is 5.52 Å². The first kappa shape index (κ1) is 15.0. The highest BCUT2D eigenvalue weighted by atomic mass is 16.2. The molecule has 1 aliphatic rings. The van der Waals surface area contributed by atoms with Crippen LogP contribution in [0.4, 0.5) is 0 Å². The molecule has 1 aliphatic heterocycles. The molecule has 0 spiro atoms. The highest BCUT2D eigenvalue weighted by Crippen LogP contribution is 2.14. The van der Waals surface area contributed by atoms with Gasteiger partial charge in [-0.25, -0.2) is 9.99 Å². The van der Waals surface area contributed by atoms with E-state index in [-0.39, 0.29) is 5.91 Å². The molecular weight excluding hydrogens is 278 g/mol. The number of aromatic amines is 1. The molecule has 6 heteroatoms. The Morgan fingerprint density at radius 1 is 1.32 bits per heavy atom. The number of H-pyrrole nitrogens is 1. The van der Waals surface area contributed by atoms with Crippen molar-refractivity contribution in [2.45, 2.75) is 19.8 Å². The average molecular weight is 301 g/mol. The highest BCUT2D eigenvalue weighted by molar-refractivity contribution is 6.04. The lowest BCUT2D eigenvalue weighted by Gasteiger charge is -2.22. The van der Waals surface area contributed by atoms with E-state index in [0.29, 0.717) is 5.56 Å². The third-order valence-corrected chi connectivity index (χ3v) is 4.08. The van der Waals surface area contributed by atoms with Gasteiger partial charge in [-0.05, 0) is 38.1 Å². The van der Waals surface area contributed by atoms with Crippen molar-refractivity contribution in [1.82, 2.24) is 25.3 Å². The summed E-state index contributed by atoms with van der Waals surface area (Å²) in [5, 5.41) is 2.03. The summed E-state index contributed by atoms with van der Waals surface area (Å²) in [5.41, 5.74) is 5.26. The molecule has 0 atom stereocenters. The van der Waals surface area contributed by atoms with Crippen LogP contribution in [-0.4, -0.2) is 58.5 Å². The van der Waals surface area contributed by atoms with Gasteiger partial charge in [0.15, 0.2) is 0 Å². The molecule has 0 aliphatic carbocycles. The second kappa shape index (κ2) is 6.89. The summed E-state index contributed by atoms with van der Waals surface area (Å²) in [7, 11) is 0. The monoisotopic (exact) mass is 301 g/mol. The fraction of sp³-hybridized carbons (Fsp3) is 0.500. The number of para-hydroxylation sites is 1. The number of carbonyl (C=O) groups is 1. The minimum atomic E-state index is -0.0818. The molecule has 1 aromatic carbocycles. The van der Waals surface area contributed by atoms with E-state index in [4.69, 9.17) is 0 Å². The molecule has 2 aromatic rings. The Morgan fingerprint density at radius 2 is 2.23 bits per heavy atom. The van der Waals surface area contributed by atoms with E-state index in [1.807, 2.05) is 23.2 Å². The summed E-state index contributed by atoms with van der Waals surface area (Å²) in [6.45, 7) is 7.20. The first-order valence-electron chi connectivity index (χ1n) is 7.98. The molecule has 22 heavy (non-hydrogen) atoms. The van der Waals surface area contributed by atoms with Crippen LogP contribution in [0.15, 0.2) is 24.5 Å². The first-order chi connectivity index (χ1) is 10.8. The van der Waals surface area contributed by atoms with Gasteiger partial charge in [-0.15, -0.1) is 0 Å². The van der Waals surface area contributed by atoms with E-state index in [1.165, 1.54) is 6.42 Å². The van der Waals surface area contributed by atoms with Gasteiger partial charge in [0.05, 0.1) is 17.4 Å². The first-order valence-corrected chi connectivity index (χ1v) is 7.98. The zero-order valence-corrected chi connectivity index (χ0v) is 13.0. The summed E-state index contributed by atoms with van der Waals surface area (Å²) >= 11 is 0. The molecule has 2 N–H and O–H groups in total. The maximum absolute atomic E-state index is 12.5. The van der Waals surface area contributed by atoms with Crippen molar-refractivity contribution < 1.29 is 4.79 Å². The Kier molecular flexibility index (Phi) is 4.70. The van der Waals surface area contributed by atoms with E-state index in [2.05, 4.69) is 27.2 Å². The Labute approximate surface area is 130 Å². The van der Waals surface area contributed by atoms with Crippen molar-refractivity contribution in [3.8, 4) is 0 Å². The molecule has 1 amide bonds. The second-order valence-corrected chi connectivity index (χ2v) is 5.73. The molecule has 0 saturated carbocycles. The molecule has 118 valence electrons. The fourth-order valence-corrected chi connectivity index (χ4v) is 2.98. The Morgan fingerprint density at radius 3 is 3.09 bits per heavy atom. The molecule has 0 radical (unpaired) electrons. The summed E-state index contributed by atoms with van der Waals surface area (Å²) in [6.07, 6.45) is 3.87. The van der Waals surface area contributed by atoms with E-state index < -0.39 is 0 Å². The minimum Gasteiger partial charge on any atom is -0.345 e. The Balaban J connectivity index is 1.65. The molecule has 2 heterocycles. The highest BCUT2D eigenvalue weighted by Gasteiger charge is 2.18. The van der Waals surface area contributed by atoms with Crippen LogP contribution in [0.3, 0.4) is 0 Å². The van der Waals surface area contributed by atoms with Crippen LogP contribution in [0.5, 0.6) is 0 Å². The van der Waals surface area contributed by atoms with Crippen LogP contribution in [0.25, 0.3) is 11.0 Å². The normalized spacial score (nSPS) is 17.5. The number of amides is 1. The molecule has 1 fully saturated rings. The number of benzene rings is 1. The van der Waals surface area contributed by atoms with Gasteiger partial charge in [-0.2, -0.15) is 0 Å². The third kappa shape index (κ3) is 3.28.